The van der Waals surface area contributed by atoms with Gasteiger partial charge in [-0.3, -0.25) is 5.43 Å². The Morgan fingerprint density at radius 2 is 1.91 bits per heavy atom. The molecule has 1 N–H and O–H groups in total. The van der Waals surface area contributed by atoms with Gasteiger partial charge in [-0.1, -0.05) is 41.9 Å². The summed E-state index contributed by atoms with van der Waals surface area (Å²) in [6, 6.07) is 16.0. The van der Waals surface area contributed by atoms with E-state index in [1.54, 1.807) is 6.21 Å². The van der Waals surface area contributed by atoms with Gasteiger partial charge in [0.05, 0.1) is 11.9 Å². The van der Waals surface area contributed by atoms with Crippen LogP contribution in [0.5, 0.6) is 0 Å². The zero-order valence-corrected chi connectivity index (χ0v) is 13.5. The molecule has 0 saturated heterocycles. The molecule has 0 aliphatic heterocycles. The van der Waals surface area contributed by atoms with Crippen molar-refractivity contribution in [2.24, 2.45) is 5.10 Å². The Bertz CT molecular complexity index is 811. The van der Waals surface area contributed by atoms with Gasteiger partial charge in [0.15, 0.2) is 0 Å². The molecule has 0 saturated carbocycles. The highest BCUT2D eigenvalue weighted by Gasteiger charge is 1.99. The Labute approximate surface area is 138 Å². The van der Waals surface area contributed by atoms with Crippen LogP contribution in [-0.2, 0) is 0 Å². The zero-order chi connectivity index (χ0) is 15.4. The van der Waals surface area contributed by atoms with Crippen LogP contribution in [0.15, 0.2) is 59.0 Å². The number of hydrazone groups is 1. The van der Waals surface area contributed by atoms with Gasteiger partial charge in [0, 0.05) is 10.4 Å². The average Bonchev–Trinajstić information content (AvgIpc) is 2.93. The summed E-state index contributed by atoms with van der Waals surface area (Å²) in [7, 11) is 0. The summed E-state index contributed by atoms with van der Waals surface area (Å²) in [4.78, 5) is 4.30. The molecule has 2 aromatic carbocycles. The number of aromatic nitrogens is 1. The number of nitrogens with zero attached hydrogens (tertiary/aromatic N) is 2. The van der Waals surface area contributed by atoms with Gasteiger partial charge >= 0.3 is 0 Å². The predicted molar refractivity (Wildman–Crippen MR) is 95.0 cm³/mol. The Balaban J connectivity index is 1.76. The van der Waals surface area contributed by atoms with Crippen LogP contribution in [0.2, 0.25) is 5.02 Å². The fourth-order valence-electron chi connectivity index (χ4n) is 2.03. The molecule has 0 spiro atoms. The van der Waals surface area contributed by atoms with E-state index in [-0.39, 0.29) is 0 Å². The minimum absolute atomic E-state index is 0.734. The first-order valence-electron chi connectivity index (χ1n) is 6.78. The molecule has 3 rings (SSSR count). The molecule has 0 atom stereocenters. The second-order valence-corrected chi connectivity index (χ2v) is 6.09. The van der Waals surface area contributed by atoms with Gasteiger partial charge in [-0.2, -0.15) is 5.10 Å². The van der Waals surface area contributed by atoms with Crippen LogP contribution in [0.1, 0.15) is 11.3 Å². The van der Waals surface area contributed by atoms with Crippen molar-refractivity contribution in [1.82, 2.24) is 4.98 Å². The maximum Gasteiger partial charge on any atom is 0.203 e. The van der Waals surface area contributed by atoms with Crippen LogP contribution >= 0.6 is 22.9 Å². The molecule has 1 heterocycles. The Morgan fingerprint density at radius 1 is 1.14 bits per heavy atom. The minimum Gasteiger partial charge on any atom is -0.253 e. The van der Waals surface area contributed by atoms with Crippen molar-refractivity contribution in [3.63, 3.8) is 0 Å². The van der Waals surface area contributed by atoms with Crippen molar-refractivity contribution in [3.05, 3.63) is 70.2 Å². The number of benzene rings is 2. The van der Waals surface area contributed by atoms with Gasteiger partial charge in [0.2, 0.25) is 5.13 Å². The van der Waals surface area contributed by atoms with Crippen LogP contribution in [0.4, 0.5) is 5.13 Å². The number of hydrogen-bond donors (Lipinski definition) is 1. The maximum absolute atomic E-state index is 6.05. The monoisotopic (exact) mass is 327 g/mol. The third-order valence-corrected chi connectivity index (χ3v) is 4.14. The van der Waals surface area contributed by atoms with Crippen molar-refractivity contribution < 1.29 is 0 Å². The lowest BCUT2D eigenvalue weighted by Crippen LogP contribution is -1.90. The Kier molecular flexibility index (Phi) is 4.51. The fourth-order valence-corrected chi connectivity index (χ4v) is 2.86. The molecular formula is C17H14ClN3S. The quantitative estimate of drug-likeness (QED) is 0.527. The van der Waals surface area contributed by atoms with Crippen LogP contribution in [0.3, 0.4) is 0 Å². The summed E-state index contributed by atoms with van der Waals surface area (Å²) in [5.74, 6) is 0. The largest absolute Gasteiger partial charge is 0.253 e. The van der Waals surface area contributed by atoms with E-state index in [2.05, 4.69) is 27.6 Å². The lowest BCUT2D eigenvalue weighted by Gasteiger charge is -2.03. The molecule has 110 valence electrons. The van der Waals surface area contributed by atoms with Gasteiger partial charge in [-0.05, 0) is 41.8 Å². The van der Waals surface area contributed by atoms with E-state index in [1.165, 1.54) is 11.3 Å². The van der Waals surface area contributed by atoms with Crippen LogP contribution < -0.4 is 5.43 Å². The molecule has 0 fully saturated rings. The number of aryl methyl sites for hydroxylation is 1. The van der Waals surface area contributed by atoms with E-state index in [1.807, 2.05) is 48.7 Å². The normalized spacial score (nSPS) is 11.0. The number of thiazole rings is 1. The third-order valence-electron chi connectivity index (χ3n) is 3.04. The van der Waals surface area contributed by atoms with Crippen LogP contribution in [-0.4, -0.2) is 11.2 Å². The SMILES string of the molecule is Cc1csc(NN=Cc2cccc(-c3cccc(Cl)c3)c2)n1. The third kappa shape index (κ3) is 3.72. The van der Waals surface area contributed by atoms with Crippen molar-refractivity contribution >= 4 is 34.3 Å². The number of nitrogens with one attached hydrogen (secondary N) is 1. The predicted octanol–water partition coefficient (Wildman–Crippen LogP) is 5.22. The standard InChI is InChI=1S/C17H14ClN3S/c1-12-11-22-17(20-12)21-19-10-13-4-2-5-14(8-13)15-6-3-7-16(18)9-15/h2-11H,1H3,(H,20,21). The van der Waals surface area contributed by atoms with Gasteiger partial charge < -0.3 is 0 Å². The van der Waals surface area contributed by atoms with Crippen molar-refractivity contribution in [1.29, 1.82) is 0 Å². The maximum atomic E-state index is 6.05. The molecule has 3 aromatic rings. The van der Waals surface area contributed by atoms with Gasteiger partial charge in [0.25, 0.3) is 0 Å². The average molecular weight is 328 g/mol. The molecule has 0 aliphatic carbocycles. The van der Waals surface area contributed by atoms with Crippen molar-refractivity contribution in [3.8, 4) is 11.1 Å². The molecule has 22 heavy (non-hydrogen) atoms. The second-order valence-electron chi connectivity index (χ2n) is 4.80. The molecule has 1 aromatic heterocycles. The number of halogens is 1. The summed E-state index contributed by atoms with van der Waals surface area (Å²) >= 11 is 7.58. The highest BCUT2D eigenvalue weighted by atomic mass is 35.5. The molecule has 3 nitrogen and oxygen atoms in total. The summed E-state index contributed by atoms with van der Waals surface area (Å²) in [6.45, 7) is 1.96. The first kappa shape index (κ1) is 14.8. The number of anilines is 1. The highest BCUT2D eigenvalue weighted by Crippen LogP contribution is 2.23. The molecule has 0 radical (unpaired) electrons. The zero-order valence-electron chi connectivity index (χ0n) is 12.0. The molecule has 5 heteroatoms. The molecule has 0 unspecified atom stereocenters. The summed E-state index contributed by atoms with van der Waals surface area (Å²) in [6.07, 6.45) is 1.78. The van der Waals surface area contributed by atoms with Gasteiger partial charge in [0.1, 0.15) is 0 Å². The van der Waals surface area contributed by atoms with Crippen LogP contribution in [0.25, 0.3) is 11.1 Å². The fraction of sp³-hybridized carbons (Fsp3) is 0.0588. The summed E-state index contributed by atoms with van der Waals surface area (Å²) in [5.41, 5.74) is 7.14. The molecule has 0 amide bonds. The lowest BCUT2D eigenvalue weighted by atomic mass is 10.0. The van der Waals surface area contributed by atoms with Gasteiger partial charge in [-0.15, -0.1) is 11.3 Å². The number of rotatable bonds is 4. The first-order valence-corrected chi connectivity index (χ1v) is 8.04. The molecule has 0 aliphatic rings. The first-order chi connectivity index (χ1) is 10.7. The van der Waals surface area contributed by atoms with Gasteiger partial charge in [-0.25, -0.2) is 4.98 Å². The topological polar surface area (TPSA) is 37.3 Å². The van der Waals surface area contributed by atoms with Crippen molar-refractivity contribution in [2.45, 2.75) is 6.92 Å². The Morgan fingerprint density at radius 3 is 2.64 bits per heavy atom. The smallest absolute Gasteiger partial charge is 0.203 e. The minimum atomic E-state index is 0.734. The van der Waals surface area contributed by atoms with E-state index in [0.717, 1.165) is 32.5 Å². The summed E-state index contributed by atoms with van der Waals surface area (Å²) in [5, 5.41) is 7.73. The Hall–Kier alpha value is -2.17. The van der Waals surface area contributed by atoms with Crippen molar-refractivity contribution in [2.75, 3.05) is 5.43 Å². The summed E-state index contributed by atoms with van der Waals surface area (Å²) < 4.78 is 0. The number of hydrogen-bond acceptors (Lipinski definition) is 4. The van der Waals surface area contributed by atoms with Crippen LogP contribution in [0, 0.1) is 6.92 Å². The van der Waals surface area contributed by atoms with E-state index in [9.17, 15) is 0 Å². The van der Waals surface area contributed by atoms with E-state index < -0.39 is 0 Å². The van der Waals surface area contributed by atoms with E-state index >= 15 is 0 Å². The molecular weight excluding hydrogens is 314 g/mol. The lowest BCUT2D eigenvalue weighted by molar-refractivity contribution is 1.22. The molecule has 0 bridgehead atoms. The van der Waals surface area contributed by atoms with E-state index in [0.29, 0.717) is 0 Å². The second kappa shape index (κ2) is 6.73. The highest BCUT2D eigenvalue weighted by molar-refractivity contribution is 7.13. The van der Waals surface area contributed by atoms with E-state index in [4.69, 9.17) is 11.6 Å².